The van der Waals surface area contributed by atoms with Gasteiger partial charge < -0.3 is 9.88 Å². The lowest BCUT2D eigenvalue weighted by Gasteiger charge is -2.12. The number of nitrogens with one attached hydrogen (secondary N) is 1. The summed E-state index contributed by atoms with van der Waals surface area (Å²) in [7, 11) is 1.90. The highest BCUT2D eigenvalue weighted by Crippen LogP contribution is 2.33. The summed E-state index contributed by atoms with van der Waals surface area (Å²) in [5.41, 5.74) is 4.28. The Morgan fingerprint density at radius 2 is 1.74 bits per heavy atom. The Bertz CT molecular complexity index is 966. The molecule has 6 nitrogen and oxygen atoms in total. The average molecular weight is 421 g/mol. The number of nitrogens with zero attached hydrogens (tertiary/aromatic N) is 5. The lowest BCUT2D eigenvalue weighted by atomic mass is 9.97. The summed E-state index contributed by atoms with van der Waals surface area (Å²) in [4.78, 5) is 4.49. The van der Waals surface area contributed by atoms with Gasteiger partial charge >= 0.3 is 0 Å². The van der Waals surface area contributed by atoms with Gasteiger partial charge in [-0.2, -0.15) is 5.26 Å². The minimum Gasteiger partial charge on any atom is -0.367 e. The fourth-order valence-corrected chi connectivity index (χ4v) is 2.67. The SMILES string of the molecule is C=CCNc1cc(-c2cc(C#N)ccc2-c2nncn2C)cc(C)n1.CC.CC.CC. The molecular formula is C25H36N6. The van der Waals surface area contributed by atoms with E-state index in [2.05, 4.69) is 33.1 Å². The Kier molecular flexibility index (Phi) is 13.7. The first kappa shape index (κ1) is 27.5. The number of benzene rings is 1. The van der Waals surface area contributed by atoms with Crippen LogP contribution in [0.15, 0.2) is 49.3 Å². The van der Waals surface area contributed by atoms with Gasteiger partial charge in [0.1, 0.15) is 12.1 Å². The van der Waals surface area contributed by atoms with Crippen LogP contribution in [-0.4, -0.2) is 26.3 Å². The molecule has 0 spiro atoms. The summed E-state index contributed by atoms with van der Waals surface area (Å²) in [6.07, 6.45) is 3.44. The molecule has 2 aromatic heterocycles. The number of hydrogen-bond acceptors (Lipinski definition) is 5. The molecule has 0 atom stereocenters. The Labute approximate surface area is 187 Å². The molecule has 0 aliphatic heterocycles. The molecule has 0 radical (unpaired) electrons. The summed E-state index contributed by atoms with van der Waals surface area (Å²) in [5.74, 6) is 1.51. The number of rotatable bonds is 5. The third-order valence-electron chi connectivity index (χ3n) is 3.79. The maximum Gasteiger partial charge on any atom is 0.164 e. The van der Waals surface area contributed by atoms with Gasteiger partial charge in [0.2, 0.25) is 0 Å². The molecule has 0 fully saturated rings. The first-order valence-corrected chi connectivity index (χ1v) is 10.8. The third-order valence-corrected chi connectivity index (χ3v) is 3.79. The fourth-order valence-electron chi connectivity index (χ4n) is 2.67. The van der Waals surface area contributed by atoms with Crippen LogP contribution in [0.2, 0.25) is 0 Å². The van der Waals surface area contributed by atoms with Crippen LogP contribution in [0.3, 0.4) is 0 Å². The smallest absolute Gasteiger partial charge is 0.164 e. The van der Waals surface area contributed by atoms with Crippen molar-refractivity contribution in [2.45, 2.75) is 48.5 Å². The van der Waals surface area contributed by atoms with Crippen LogP contribution in [0.25, 0.3) is 22.5 Å². The molecule has 0 aliphatic rings. The Hall–Kier alpha value is -3.46. The lowest BCUT2D eigenvalue weighted by Crippen LogP contribution is -2.02. The van der Waals surface area contributed by atoms with E-state index in [-0.39, 0.29) is 0 Å². The van der Waals surface area contributed by atoms with Crippen molar-refractivity contribution in [1.82, 2.24) is 19.7 Å². The van der Waals surface area contributed by atoms with Gasteiger partial charge in [-0.25, -0.2) is 4.98 Å². The fraction of sp³-hybridized carbons (Fsp3) is 0.360. The van der Waals surface area contributed by atoms with Crippen molar-refractivity contribution in [3.8, 4) is 28.6 Å². The molecule has 1 N–H and O–H groups in total. The Morgan fingerprint density at radius 1 is 1.06 bits per heavy atom. The molecule has 31 heavy (non-hydrogen) atoms. The quantitative estimate of drug-likeness (QED) is 0.483. The molecule has 0 bridgehead atoms. The van der Waals surface area contributed by atoms with Gasteiger partial charge in [-0.3, -0.25) is 0 Å². The van der Waals surface area contributed by atoms with E-state index in [0.717, 1.165) is 34.0 Å². The maximum atomic E-state index is 9.29. The zero-order valence-corrected chi connectivity index (χ0v) is 20.2. The van der Waals surface area contributed by atoms with Crippen LogP contribution in [0.5, 0.6) is 0 Å². The molecule has 0 aliphatic carbocycles. The van der Waals surface area contributed by atoms with E-state index in [4.69, 9.17) is 0 Å². The molecule has 0 unspecified atom stereocenters. The zero-order valence-electron chi connectivity index (χ0n) is 20.2. The number of pyridine rings is 1. The zero-order chi connectivity index (χ0) is 23.8. The highest BCUT2D eigenvalue weighted by atomic mass is 15.2. The van der Waals surface area contributed by atoms with E-state index in [1.54, 1.807) is 18.5 Å². The van der Waals surface area contributed by atoms with Gasteiger partial charge in [-0.15, -0.1) is 16.8 Å². The molecule has 3 rings (SSSR count). The van der Waals surface area contributed by atoms with Gasteiger partial charge in [0.25, 0.3) is 0 Å². The predicted molar refractivity (Wildman–Crippen MR) is 132 cm³/mol. The molecule has 0 saturated heterocycles. The topological polar surface area (TPSA) is 79.4 Å². The van der Waals surface area contributed by atoms with Crippen molar-refractivity contribution in [2.75, 3.05) is 11.9 Å². The number of aromatic nitrogens is 4. The second kappa shape index (κ2) is 15.4. The van der Waals surface area contributed by atoms with Crippen LogP contribution in [0.1, 0.15) is 52.8 Å². The Morgan fingerprint density at radius 3 is 2.29 bits per heavy atom. The standard InChI is InChI=1S/C19H18N6.3C2H6/c1-4-7-21-18-10-15(8-13(2)23-18)17-9-14(11-20)5-6-16(17)19-24-22-12-25(19)3;3*1-2/h4-6,8-10,12H,1,7H2,2-3H3,(H,21,23);3*1-2H3. The average Bonchev–Trinajstić information content (AvgIpc) is 3.26. The van der Waals surface area contributed by atoms with Crippen LogP contribution < -0.4 is 5.32 Å². The monoisotopic (exact) mass is 420 g/mol. The highest BCUT2D eigenvalue weighted by Gasteiger charge is 2.14. The van der Waals surface area contributed by atoms with Crippen molar-refractivity contribution >= 4 is 5.82 Å². The van der Waals surface area contributed by atoms with E-state index in [1.165, 1.54) is 0 Å². The predicted octanol–water partition coefficient (Wildman–Crippen LogP) is 6.40. The van der Waals surface area contributed by atoms with E-state index >= 15 is 0 Å². The van der Waals surface area contributed by atoms with Gasteiger partial charge in [-0.1, -0.05) is 47.6 Å². The summed E-state index contributed by atoms with van der Waals surface area (Å²) in [6, 6.07) is 11.7. The molecule has 0 amide bonds. The van der Waals surface area contributed by atoms with E-state index in [1.807, 2.05) is 84.3 Å². The summed E-state index contributed by atoms with van der Waals surface area (Å²) in [6.45, 7) is 18.3. The van der Waals surface area contributed by atoms with Crippen LogP contribution in [-0.2, 0) is 7.05 Å². The summed E-state index contributed by atoms with van der Waals surface area (Å²) in [5, 5.41) is 20.7. The summed E-state index contributed by atoms with van der Waals surface area (Å²) < 4.78 is 1.86. The van der Waals surface area contributed by atoms with Gasteiger partial charge in [0.05, 0.1) is 11.6 Å². The Balaban J connectivity index is 0.00000138. The van der Waals surface area contributed by atoms with Crippen LogP contribution >= 0.6 is 0 Å². The third kappa shape index (κ3) is 7.71. The van der Waals surface area contributed by atoms with Crippen molar-refractivity contribution in [3.63, 3.8) is 0 Å². The van der Waals surface area contributed by atoms with Crippen molar-refractivity contribution in [2.24, 2.45) is 7.05 Å². The number of anilines is 1. The van der Waals surface area contributed by atoms with Crippen LogP contribution in [0, 0.1) is 18.3 Å². The summed E-state index contributed by atoms with van der Waals surface area (Å²) >= 11 is 0. The van der Waals surface area contributed by atoms with Gasteiger partial charge in [0, 0.05) is 24.8 Å². The maximum absolute atomic E-state index is 9.29. The molecule has 0 saturated carbocycles. The molecule has 6 heteroatoms. The normalized spacial score (nSPS) is 8.87. The number of aryl methyl sites for hydroxylation is 2. The second-order valence-corrected chi connectivity index (χ2v) is 5.69. The molecule has 2 heterocycles. The van der Waals surface area contributed by atoms with Crippen molar-refractivity contribution < 1.29 is 0 Å². The largest absolute Gasteiger partial charge is 0.367 e. The second-order valence-electron chi connectivity index (χ2n) is 5.69. The first-order valence-electron chi connectivity index (χ1n) is 10.8. The van der Waals surface area contributed by atoms with Gasteiger partial charge in [-0.05, 0) is 48.4 Å². The molecular weight excluding hydrogens is 384 g/mol. The van der Waals surface area contributed by atoms with Gasteiger partial charge in [0.15, 0.2) is 5.82 Å². The minimum absolute atomic E-state index is 0.594. The highest BCUT2D eigenvalue weighted by molar-refractivity contribution is 5.83. The van der Waals surface area contributed by atoms with E-state index in [9.17, 15) is 5.26 Å². The molecule has 166 valence electrons. The van der Waals surface area contributed by atoms with Crippen molar-refractivity contribution in [1.29, 1.82) is 5.26 Å². The number of nitriles is 1. The van der Waals surface area contributed by atoms with Crippen molar-refractivity contribution in [3.05, 3.63) is 60.6 Å². The van der Waals surface area contributed by atoms with Crippen LogP contribution in [0.4, 0.5) is 5.82 Å². The molecule has 1 aromatic carbocycles. The number of hydrogen-bond donors (Lipinski definition) is 1. The molecule has 3 aromatic rings. The first-order chi connectivity index (χ1) is 15.1. The van der Waals surface area contributed by atoms with E-state index in [0.29, 0.717) is 12.1 Å². The lowest BCUT2D eigenvalue weighted by molar-refractivity contribution is 0.920. The van der Waals surface area contributed by atoms with E-state index < -0.39 is 0 Å². The minimum atomic E-state index is 0.594.